The predicted octanol–water partition coefficient (Wildman–Crippen LogP) is 4.82. The maximum absolute atomic E-state index is 12.4. The molecular weight excluding hydrogens is 406 g/mol. The van der Waals surface area contributed by atoms with E-state index in [4.69, 9.17) is 10.5 Å². The highest BCUT2D eigenvalue weighted by atomic mass is 35.5. The van der Waals surface area contributed by atoms with E-state index < -0.39 is 0 Å². The van der Waals surface area contributed by atoms with E-state index in [1.807, 2.05) is 68.4 Å². The van der Waals surface area contributed by atoms with Crippen LogP contribution in [0.3, 0.4) is 0 Å². The largest absolute Gasteiger partial charge is 0.497 e. The van der Waals surface area contributed by atoms with Gasteiger partial charge in [-0.3, -0.25) is 4.79 Å². The van der Waals surface area contributed by atoms with E-state index in [2.05, 4.69) is 10.3 Å². The number of nitrogens with zero attached hydrogens (tertiary/aromatic N) is 1. The van der Waals surface area contributed by atoms with E-state index in [1.54, 1.807) is 18.4 Å². The van der Waals surface area contributed by atoms with E-state index in [1.165, 1.54) is 0 Å². The predicted molar refractivity (Wildman–Crippen MR) is 121 cm³/mol. The van der Waals surface area contributed by atoms with Crippen LogP contribution >= 0.6 is 23.7 Å². The van der Waals surface area contributed by atoms with Crippen LogP contribution in [0.1, 0.15) is 41.6 Å². The Balaban J connectivity index is 0.00000300. The van der Waals surface area contributed by atoms with Crippen LogP contribution in [-0.2, 0) is 4.79 Å². The van der Waals surface area contributed by atoms with Crippen LogP contribution in [0.5, 0.6) is 5.75 Å². The maximum atomic E-state index is 12.4. The van der Waals surface area contributed by atoms with Gasteiger partial charge in [0.25, 0.3) is 0 Å². The number of carbonyl (C=O) groups excluding carboxylic acids is 1. The number of ether oxygens (including phenoxy) is 1. The van der Waals surface area contributed by atoms with E-state index in [-0.39, 0.29) is 36.8 Å². The number of carbonyl (C=O) groups is 1. The number of aromatic nitrogens is 1. The van der Waals surface area contributed by atoms with Crippen molar-refractivity contribution < 1.29 is 9.53 Å². The number of halogens is 1. The van der Waals surface area contributed by atoms with Crippen LogP contribution in [0.15, 0.2) is 54.6 Å². The molecule has 7 heteroatoms. The van der Waals surface area contributed by atoms with Crippen molar-refractivity contribution in [1.82, 2.24) is 10.3 Å². The number of methoxy groups -OCH3 is 1. The molecule has 0 fully saturated rings. The fourth-order valence-corrected chi connectivity index (χ4v) is 4.12. The fraction of sp³-hybridized carbons (Fsp3) is 0.273. The highest BCUT2D eigenvalue weighted by molar-refractivity contribution is 7.15. The molecule has 5 nitrogen and oxygen atoms in total. The second kappa shape index (κ2) is 10.4. The van der Waals surface area contributed by atoms with Crippen LogP contribution in [-0.4, -0.2) is 18.0 Å². The lowest BCUT2D eigenvalue weighted by atomic mass is 10.0. The number of rotatable bonds is 7. The highest BCUT2D eigenvalue weighted by Crippen LogP contribution is 2.32. The molecule has 2 aromatic carbocycles. The van der Waals surface area contributed by atoms with Crippen molar-refractivity contribution >= 4 is 29.7 Å². The second-order valence-corrected chi connectivity index (χ2v) is 7.74. The molecule has 1 heterocycles. The number of nitrogens with one attached hydrogen (secondary N) is 1. The van der Waals surface area contributed by atoms with Gasteiger partial charge < -0.3 is 15.8 Å². The number of thiazole rings is 1. The zero-order chi connectivity index (χ0) is 20.1. The minimum Gasteiger partial charge on any atom is -0.497 e. The van der Waals surface area contributed by atoms with Gasteiger partial charge in [-0.25, -0.2) is 4.98 Å². The molecule has 0 aliphatic heterocycles. The molecule has 0 radical (unpaired) electrons. The van der Waals surface area contributed by atoms with Gasteiger partial charge >= 0.3 is 0 Å². The Kier molecular flexibility index (Phi) is 8.20. The summed E-state index contributed by atoms with van der Waals surface area (Å²) in [4.78, 5) is 18.2. The molecule has 0 saturated carbocycles. The van der Waals surface area contributed by atoms with Crippen LogP contribution in [0.25, 0.3) is 10.6 Å². The zero-order valence-electron chi connectivity index (χ0n) is 16.7. The van der Waals surface area contributed by atoms with Crippen LogP contribution in [0, 0.1) is 6.92 Å². The maximum Gasteiger partial charge on any atom is 0.222 e. The second-order valence-electron chi connectivity index (χ2n) is 6.71. The van der Waals surface area contributed by atoms with E-state index >= 15 is 0 Å². The summed E-state index contributed by atoms with van der Waals surface area (Å²) in [6.45, 7) is 3.95. The Labute approximate surface area is 181 Å². The summed E-state index contributed by atoms with van der Waals surface area (Å²) in [5, 5.41) is 3.98. The van der Waals surface area contributed by atoms with Crippen molar-refractivity contribution in [2.24, 2.45) is 5.73 Å². The standard InChI is InChI=1S/C22H25N3O2S.ClH/c1-14(24-20(26)13-19(23)16-7-5-4-6-8-16)21-15(2)25-22(28-21)17-9-11-18(27-3)12-10-17;/h4-12,14,19H,13,23H2,1-3H3,(H,24,26);1H. The number of hydrogen-bond acceptors (Lipinski definition) is 5. The molecule has 2 unspecified atom stereocenters. The monoisotopic (exact) mass is 431 g/mol. The van der Waals surface area contributed by atoms with Gasteiger partial charge in [0.1, 0.15) is 10.8 Å². The van der Waals surface area contributed by atoms with Gasteiger partial charge in [0.2, 0.25) is 5.91 Å². The zero-order valence-corrected chi connectivity index (χ0v) is 18.3. The summed E-state index contributed by atoms with van der Waals surface area (Å²) in [5.74, 6) is 0.746. The molecule has 1 aromatic heterocycles. The van der Waals surface area contributed by atoms with Gasteiger partial charge in [-0.15, -0.1) is 23.7 Å². The minimum atomic E-state index is -0.314. The van der Waals surface area contributed by atoms with E-state index in [9.17, 15) is 4.79 Å². The van der Waals surface area contributed by atoms with Gasteiger partial charge in [0, 0.05) is 18.0 Å². The molecule has 0 saturated heterocycles. The van der Waals surface area contributed by atoms with Crippen LogP contribution in [0.4, 0.5) is 0 Å². The van der Waals surface area contributed by atoms with E-state index in [0.29, 0.717) is 0 Å². The first-order valence-corrected chi connectivity index (χ1v) is 10.0. The molecule has 3 N–H and O–H groups in total. The number of benzene rings is 2. The number of aryl methyl sites for hydroxylation is 1. The first-order valence-electron chi connectivity index (χ1n) is 9.19. The molecule has 0 spiro atoms. The third kappa shape index (κ3) is 5.79. The van der Waals surface area contributed by atoms with E-state index in [0.717, 1.165) is 32.5 Å². The molecular formula is C22H26ClN3O2S. The Morgan fingerprint density at radius 2 is 1.83 bits per heavy atom. The summed E-state index contributed by atoms with van der Waals surface area (Å²) in [5.41, 5.74) is 9.08. The number of hydrogen-bond donors (Lipinski definition) is 2. The lowest BCUT2D eigenvalue weighted by molar-refractivity contribution is -0.122. The fourth-order valence-electron chi connectivity index (χ4n) is 3.05. The number of nitrogens with two attached hydrogens (primary N) is 1. The molecule has 154 valence electrons. The molecule has 0 aliphatic rings. The van der Waals surface area contributed by atoms with Gasteiger partial charge in [0.15, 0.2) is 0 Å². The Bertz CT molecular complexity index is 929. The summed E-state index contributed by atoms with van der Waals surface area (Å²) in [7, 11) is 1.65. The lowest BCUT2D eigenvalue weighted by Gasteiger charge is -2.16. The quantitative estimate of drug-likeness (QED) is 0.562. The Morgan fingerprint density at radius 1 is 1.17 bits per heavy atom. The van der Waals surface area contributed by atoms with Gasteiger partial charge in [0.05, 0.1) is 23.7 Å². The van der Waals surface area contributed by atoms with Gasteiger partial charge in [-0.05, 0) is 43.7 Å². The Morgan fingerprint density at radius 3 is 2.45 bits per heavy atom. The third-order valence-corrected chi connectivity index (χ3v) is 5.96. The summed E-state index contributed by atoms with van der Waals surface area (Å²) < 4.78 is 5.20. The molecule has 2 atom stereocenters. The van der Waals surface area contributed by atoms with Crippen molar-refractivity contribution in [3.8, 4) is 16.3 Å². The molecule has 3 rings (SSSR count). The van der Waals surface area contributed by atoms with Crippen molar-refractivity contribution in [2.75, 3.05) is 7.11 Å². The average molecular weight is 432 g/mol. The third-order valence-electron chi connectivity index (χ3n) is 4.57. The average Bonchev–Trinajstić information content (AvgIpc) is 3.10. The Hall–Kier alpha value is -2.41. The molecule has 29 heavy (non-hydrogen) atoms. The topological polar surface area (TPSA) is 77.2 Å². The molecule has 0 aliphatic carbocycles. The first kappa shape index (κ1) is 22.9. The smallest absolute Gasteiger partial charge is 0.222 e. The van der Waals surface area contributed by atoms with Gasteiger partial charge in [-0.1, -0.05) is 30.3 Å². The van der Waals surface area contributed by atoms with Crippen molar-refractivity contribution in [3.63, 3.8) is 0 Å². The van der Waals surface area contributed by atoms with Crippen molar-refractivity contribution in [1.29, 1.82) is 0 Å². The normalized spacial score (nSPS) is 12.6. The molecule has 3 aromatic rings. The van der Waals surface area contributed by atoms with Crippen LogP contribution < -0.4 is 15.8 Å². The van der Waals surface area contributed by atoms with Gasteiger partial charge in [-0.2, -0.15) is 0 Å². The molecule has 0 bridgehead atoms. The van der Waals surface area contributed by atoms with Crippen molar-refractivity contribution in [3.05, 3.63) is 70.7 Å². The van der Waals surface area contributed by atoms with Crippen LogP contribution in [0.2, 0.25) is 0 Å². The summed E-state index contributed by atoms with van der Waals surface area (Å²) in [6.07, 6.45) is 0.248. The minimum absolute atomic E-state index is 0. The van der Waals surface area contributed by atoms with Crippen molar-refractivity contribution in [2.45, 2.75) is 32.4 Å². The highest BCUT2D eigenvalue weighted by Gasteiger charge is 2.19. The number of amides is 1. The summed E-state index contributed by atoms with van der Waals surface area (Å²) >= 11 is 1.59. The molecule has 1 amide bonds. The SMILES string of the molecule is COc1ccc(-c2nc(C)c(C(C)NC(=O)CC(N)c3ccccc3)s2)cc1.Cl. The first-order chi connectivity index (χ1) is 13.5. The summed E-state index contributed by atoms with van der Waals surface area (Å²) in [6, 6.07) is 17.0. The lowest BCUT2D eigenvalue weighted by Crippen LogP contribution is -2.29.